The average molecular weight is 239 g/mol. The molecule has 0 aromatic carbocycles. The van der Waals surface area contributed by atoms with E-state index in [0.29, 0.717) is 5.56 Å². The topological polar surface area (TPSA) is 61.8 Å². The maximum absolute atomic E-state index is 13.8. The first kappa shape index (κ1) is 11.7. The Hall–Kier alpha value is -1.82. The summed E-state index contributed by atoms with van der Waals surface area (Å²) in [5.41, 5.74) is 0.0871. The first-order valence-corrected chi connectivity index (χ1v) is 5.05. The van der Waals surface area contributed by atoms with E-state index in [1.165, 1.54) is 30.7 Å². The first-order chi connectivity index (χ1) is 8.10. The van der Waals surface area contributed by atoms with Crippen LogP contribution >= 0.6 is 0 Å². The molecule has 2 aromatic rings. The molecule has 17 heavy (non-hydrogen) atoms. The summed E-state index contributed by atoms with van der Waals surface area (Å²) in [7, 11) is 0. The van der Waals surface area contributed by atoms with Crippen LogP contribution in [0.3, 0.4) is 0 Å². The molecule has 2 rings (SSSR count). The van der Waals surface area contributed by atoms with Crippen molar-refractivity contribution in [2.45, 2.75) is 18.4 Å². The number of hydrogen-bond donors (Lipinski definition) is 2. The van der Waals surface area contributed by atoms with Crippen LogP contribution in [0, 0.1) is 0 Å². The number of pyridine rings is 1. The average Bonchev–Trinajstić information content (AvgIpc) is 2.83. The Morgan fingerprint density at radius 3 is 2.82 bits per heavy atom. The number of halogens is 2. The largest absolute Gasteiger partial charge is 0.386 e. The molecule has 0 saturated carbocycles. The third kappa shape index (κ3) is 2.47. The highest BCUT2D eigenvalue weighted by Gasteiger charge is 2.41. The van der Waals surface area contributed by atoms with Crippen molar-refractivity contribution in [3.63, 3.8) is 0 Å². The highest BCUT2D eigenvalue weighted by molar-refractivity contribution is 5.14. The normalized spacial score (nSPS) is 13.6. The minimum atomic E-state index is -3.38. The molecule has 1 unspecified atom stereocenters. The molecule has 4 nitrogen and oxygen atoms in total. The molecule has 0 radical (unpaired) electrons. The summed E-state index contributed by atoms with van der Waals surface area (Å²) in [6, 6.07) is 4.20. The van der Waals surface area contributed by atoms with Gasteiger partial charge >= 0.3 is 5.92 Å². The van der Waals surface area contributed by atoms with Gasteiger partial charge in [-0.05, 0) is 17.7 Å². The lowest BCUT2D eigenvalue weighted by molar-refractivity contribution is -0.117. The van der Waals surface area contributed by atoms with Gasteiger partial charge in [-0.2, -0.15) is 13.9 Å². The maximum Gasteiger partial charge on any atom is 0.315 e. The van der Waals surface area contributed by atoms with Crippen LogP contribution in [0.2, 0.25) is 0 Å². The summed E-state index contributed by atoms with van der Waals surface area (Å²) in [6.45, 7) is 0. The number of rotatable bonds is 4. The minimum Gasteiger partial charge on any atom is -0.386 e. The predicted molar refractivity (Wildman–Crippen MR) is 56.4 cm³/mol. The molecule has 0 amide bonds. The first-order valence-electron chi connectivity index (χ1n) is 5.05. The summed E-state index contributed by atoms with van der Waals surface area (Å²) in [6.07, 6.45) is 2.14. The number of alkyl halides is 2. The zero-order chi connectivity index (χ0) is 12.3. The highest BCUT2D eigenvalue weighted by Crippen LogP contribution is 2.31. The molecule has 0 fully saturated rings. The number of nitrogens with zero attached hydrogens (tertiary/aromatic N) is 2. The van der Waals surface area contributed by atoms with E-state index in [2.05, 4.69) is 15.2 Å². The van der Waals surface area contributed by atoms with Crippen molar-refractivity contribution in [2.75, 3.05) is 0 Å². The van der Waals surface area contributed by atoms with Gasteiger partial charge in [0.15, 0.2) is 0 Å². The van der Waals surface area contributed by atoms with Crippen LogP contribution in [0.25, 0.3) is 0 Å². The van der Waals surface area contributed by atoms with Gasteiger partial charge in [-0.3, -0.25) is 10.1 Å². The van der Waals surface area contributed by atoms with Gasteiger partial charge in [0.2, 0.25) is 0 Å². The third-order valence-corrected chi connectivity index (χ3v) is 2.41. The van der Waals surface area contributed by atoms with Gasteiger partial charge in [-0.1, -0.05) is 6.07 Å². The Morgan fingerprint density at radius 1 is 1.41 bits per heavy atom. The van der Waals surface area contributed by atoms with Gasteiger partial charge in [0.1, 0.15) is 11.8 Å². The predicted octanol–water partition coefficient (Wildman–Crippen LogP) is 1.50. The van der Waals surface area contributed by atoms with E-state index in [4.69, 9.17) is 0 Å². The Bertz CT molecular complexity index is 459. The summed E-state index contributed by atoms with van der Waals surface area (Å²) in [5.74, 6) is -3.38. The molecular weight excluding hydrogens is 228 g/mol. The molecule has 0 aliphatic carbocycles. The van der Waals surface area contributed by atoms with Crippen LogP contribution in [0.15, 0.2) is 36.8 Å². The smallest absolute Gasteiger partial charge is 0.315 e. The quantitative estimate of drug-likeness (QED) is 0.849. The fourth-order valence-corrected chi connectivity index (χ4v) is 1.47. The highest BCUT2D eigenvalue weighted by atomic mass is 19.3. The summed E-state index contributed by atoms with van der Waals surface area (Å²) in [4.78, 5) is 3.57. The molecule has 0 aliphatic rings. The van der Waals surface area contributed by atoms with E-state index in [9.17, 15) is 13.9 Å². The molecule has 2 heterocycles. The summed E-state index contributed by atoms with van der Waals surface area (Å²) < 4.78 is 27.6. The van der Waals surface area contributed by atoms with Gasteiger partial charge in [0.05, 0.1) is 6.20 Å². The molecule has 0 spiro atoms. The van der Waals surface area contributed by atoms with Crippen molar-refractivity contribution < 1.29 is 13.9 Å². The van der Waals surface area contributed by atoms with Gasteiger partial charge in [-0.15, -0.1) is 0 Å². The molecule has 0 bridgehead atoms. The number of H-pyrrole nitrogens is 1. The molecule has 0 saturated heterocycles. The number of aliphatic hydroxyl groups is 1. The van der Waals surface area contributed by atoms with Crippen LogP contribution in [0.5, 0.6) is 0 Å². The van der Waals surface area contributed by atoms with Crippen molar-refractivity contribution in [3.05, 3.63) is 48.0 Å². The Balaban J connectivity index is 2.15. The second-order valence-corrected chi connectivity index (χ2v) is 3.66. The molecule has 0 aliphatic heterocycles. The zero-order valence-corrected chi connectivity index (χ0v) is 8.85. The lowest BCUT2D eigenvalue weighted by Gasteiger charge is -2.21. The van der Waals surface area contributed by atoms with Crippen molar-refractivity contribution in [1.82, 2.24) is 15.2 Å². The van der Waals surface area contributed by atoms with Crippen LogP contribution in [0.4, 0.5) is 8.78 Å². The van der Waals surface area contributed by atoms with Crippen molar-refractivity contribution in [3.8, 4) is 0 Å². The van der Waals surface area contributed by atoms with Crippen molar-refractivity contribution in [2.24, 2.45) is 0 Å². The second kappa shape index (κ2) is 4.58. The van der Waals surface area contributed by atoms with Crippen LogP contribution < -0.4 is 0 Å². The lowest BCUT2D eigenvalue weighted by atomic mass is 10.0. The SMILES string of the molecule is OC(Cc1cn[nH]c1)C(F)(F)c1ccccn1. The standard InChI is InChI=1S/C11H11F2N3O/c12-11(13,9-3-1-2-4-14-9)10(17)5-8-6-15-16-7-8/h1-4,6-7,10,17H,5H2,(H,15,16). The molecule has 2 aromatic heterocycles. The van der Waals surface area contributed by atoms with Crippen LogP contribution in [-0.2, 0) is 12.3 Å². The maximum atomic E-state index is 13.8. The number of hydrogen-bond acceptors (Lipinski definition) is 3. The number of aliphatic hydroxyl groups excluding tert-OH is 1. The fourth-order valence-electron chi connectivity index (χ4n) is 1.47. The molecule has 90 valence electrons. The van der Waals surface area contributed by atoms with Crippen LogP contribution in [0.1, 0.15) is 11.3 Å². The number of aromatic amines is 1. The van der Waals surface area contributed by atoms with Crippen LogP contribution in [-0.4, -0.2) is 26.4 Å². The van der Waals surface area contributed by atoms with E-state index < -0.39 is 17.7 Å². The number of aromatic nitrogens is 3. The van der Waals surface area contributed by atoms with Gasteiger partial charge in [-0.25, -0.2) is 0 Å². The van der Waals surface area contributed by atoms with Gasteiger partial charge < -0.3 is 5.11 Å². The van der Waals surface area contributed by atoms with E-state index in [0.717, 1.165) is 0 Å². The van der Waals surface area contributed by atoms with E-state index in [-0.39, 0.29) is 6.42 Å². The molecular formula is C11H11F2N3O. The monoisotopic (exact) mass is 239 g/mol. The molecule has 1 atom stereocenters. The second-order valence-electron chi connectivity index (χ2n) is 3.66. The van der Waals surface area contributed by atoms with E-state index >= 15 is 0 Å². The minimum absolute atomic E-state index is 0.180. The summed E-state index contributed by atoms with van der Waals surface area (Å²) in [5, 5.41) is 15.7. The van der Waals surface area contributed by atoms with Crippen molar-refractivity contribution in [1.29, 1.82) is 0 Å². The van der Waals surface area contributed by atoms with E-state index in [1.807, 2.05) is 0 Å². The Labute approximate surface area is 96.3 Å². The van der Waals surface area contributed by atoms with E-state index in [1.54, 1.807) is 6.07 Å². The Morgan fingerprint density at radius 2 is 2.24 bits per heavy atom. The lowest BCUT2D eigenvalue weighted by Crippen LogP contribution is -2.33. The summed E-state index contributed by atoms with van der Waals surface area (Å²) >= 11 is 0. The van der Waals surface area contributed by atoms with Crippen molar-refractivity contribution >= 4 is 0 Å². The van der Waals surface area contributed by atoms with Gasteiger partial charge in [0, 0.05) is 18.8 Å². The molecule has 2 N–H and O–H groups in total. The van der Waals surface area contributed by atoms with Gasteiger partial charge in [0.25, 0.3) is 0 Å². The molecule has 6 heteroatoms. The third-order valence-electron chi connectivity index (χ3n) is 2.41. The number of nitrogens with one attached hydrogen (secondary N) is 1. The zero-order valence-electron chi connectivity index (χ0n) is 8.85. The Kier molecular flexibility index (Phi) is 3.14. The fraction of sp³-hybridized carbons (Fsp3) is 0.273.